The first-order valence-electron chi connectivity index (χ1n) is 5.36. The van der Waals surface area contributed by atoms with Crippen LogP contribution in [0.3, 0.4) is 0 Å². The molecule has 1 rings (SSSR count). The molecule has 0 radical (unpaired) electrons. The number of aliphatic hydroxyl groups is 1. The normalized spacial score (nSPS) is 24.1. The van der Waals surface area contributed by atoms with E-state index in [0.29, 0.717) is 12.3 Å². The van der Waals surface area contributed by atoms with E-state index in [-0.39, 0.29) is 18.1 Å². The Morgan fingerprint density at radius 1 is 1.50 bits per heavy atom. The van der Waals surface area contributed by atoms with E-state index in [1.54, 1.807) is 0 Å². The van der Waals surface area contributed by atoms with Gasteiger partial charge in [-0.25, -0.2) is 0 Å². The average molecular weight is 199 g/mol. The molecular weight excluding hydrogens is 178 g/mol. The molecule has 0 bridgehead atoms. The summed E-state index contributed by atoms with van der Waals surface area (Å²) in [5, 5.41) is 8.88. The molecule has 3 heteroatoms. The number of aliphatic hydroxyl groups excluding tert-OH is 1. The number of rotatable bonds is 3. The molecule has 1 fully saturated rings. The fourth-order valence-corrected chi connectivity index (χ4v) is 2.02. The first kappa shape index (κ1) is 11.7. The van der Waals surface area contributed by atoms with E-state index >= 15 is 0 Å². The van der Waals surface area contributed by atoms with E-state index in [9.17, 15) is 4.79 Å². The van der Waals surface area contributed by atoms with Crippen LogP contribution in [-0.4, -0.2) is 41.5 Å². The maximum absolute atomic E-state index is 12.0. The van der Waals surface area contributed by atoms with E-state index in [0.717, 1.165) is 19.4 Å². The van der Waals surface area contributed by atoms with Gasteiger partial charge in [0.25, 0.3) is 0 Å². The second-order valence-corrected chi connectivity index (χ2v) is 5.03. The fourth-order valence-electron chi connectivity index (χ4n) is 2.02. The topological polar surface area (TPSA) is 40.5 Å². The number of hydrogen-bond donors (Lipinski definition) is 1. The van der Waals surface area contributed by atoms with Crippen LogP contribution in [0.4, 0.5) is 0 Å². The van der Waals surface area contributed by atoms with Gasteiger partial charge >= 0.3 is 0 Å². The Morgan fingerprint density at radius 3 is 2.64 bits per heavy atom. The van der Waals surface area contributed by atoms with Crippen molar-refractivity contribution in [2.24, 2.45) is 5.41 Å². The molecule has 1 unspecified atom stereocenters. The third-order valence-electron chi connectivity index (χ3n) is 2.79. The predicted molar refractivity (Wildman–Crippen MR) is 56.1 cm³/mol. The fraction of sp³-hybridized carbons (Fsp3) is 0.909. The summed E-state index contributed by atoms with van der Waals surface area (Å²) in [7, 11) is 0. The van der Waals surface area contributed by atoms with Crippen LogP contribution in [0.1, 0.15) is 33.6 Å². The molecule has 0 saturated carbocycles. The van der Waals surface area contributed by atoms with Gasteiger partial charge in [0.2, 0.25) is 0 Å². The minimum absolute atomic E-state index is 0.0437. The van der Waals surface area contributed by atoms with Gasteiger partial charge in [0, 0.05) is 12.0 Å². The number of β-amino-alcohol motifs (C(OH)–C–C–N with tert-alkyl or cyclic N) is 1. The first-order valence-corrected chi connectivity index (χ1v) is 5.36. The van der Waals surface area contributed by atoms with Crippen molar-refractivity contribution in [1.82, 2.24) is 4.90 Å². The number of nitrogens with zero attached hydrogens (tertiary/aromatic N) is 1. The zero-order valence-electron chi connectivity index (χ0n) is 9.42. The summed E-state index contributed by atoms with van der Waals surface area (Å²) in [6, 6.07) is 0.0437. The number of carbonyl (C=O) groups is 1. The lowest BCUT2D eigenvalue weighted by atomic mass is 9.85. The van der Waals surface area contributed by atoms with Gasteiger partial charge < -0.3 is 5.11 Å². The summed E-state index contributed by atoms with van der Waals surface area (Å²) in [5.41, 5.74) is -0.261. The van der Waals surface area contributed by atoms with E-state index in [2.05, 4.69) is 4.90 Å². The van der Waals surface area contributed by atoms with Crippen molar-refractivity contribution < 1.29 is 9.90 Å². The molecule has 1 N–H and O–H groups in total. The van der Waals surface area contributed by atoms with Crippen LogP contribution in [0, 0.1) is 5.41 Å². The van der Waals surface area contributed by atoms with Gasteiger partial charge in [-0.1, -0.05) is 20.8 Å². The van der Waals surface area contributed by atoms with Crippen molar-refractivity contribution >= 4 is 5.78 Å². The number of Topliss-reactive ketones (excluding diaryl/α,β-unsaturated/α-hetero) is 1. The summed E-state index contributed by atoms with van der Waals surface area (Å²) in [4.78, 5) is 14.1. The van der Waals surface area contributed by atoms with E-state index < -0.39 is 0 Å². The van der Waals surface area contributed by atoms with E-state index in [1.165, 1.54) is 0 Å². The summed E-state index contributed by atoms with van der Waals surface area (Å²) in [6.07, 6.45) is 2.03. The zero-order chi connectivity index (χ0) is 10.8. The highest BCUT2D eigenvalue weighted by Gasteiger charge is 2.35. The van der Waals surface area contributed by atoms with Crippen LogP contribution in [0.2, 0.25) is 0 Å². The number of carbonyl (C=O) groups excluding carboxylic acids is 1. The van der Waals surface area contributed by atoms with Gasteiger partial charge in [-0.05, 0) is 19.4 Å². The highest BCUT2D eigenvalue weighted by atomic mass is 16.3. The molecule has 0 aliphatic carbocycles. The van der Waals surface area contributed by atoms with Crippen LogP contribution < -0.4 is 0 Å². The maximum Gasteiger partial charge on any atom is 0.155 e. The van der Waals surface area contributed by atoms with E-state index in [1.807, 2.05) is 20.8 Å². The van der Waals surface area contributed by atoms with Crippen molar-refractivity contribution in [1.29, 1.82) is 0 Å². The summed E-state index contributed by atoms with van der Waals surface area (Å²) in [6.45, 7) is 7.62. The molecule has 0 aromatic carbocycles. The van der Waals surface area contributed by atoms with Crippen LogP contribution >= 0.6 is 0 Å². The van der Waals surface area contributed by atoms with Crippen molar-refractivity contribution in [3.05, 3.63) is 0 Å². The molecule has 0 spiro atoms. The maximum atomic E-state index is 12.0. The Bertz CT molecular complexity index is 208. The van der Waals surface area contributed by atoms with Gasteiger partial charge in [-0.15, -0.1) is 0 Å². The molecule has 14 heavy (non-hydrogen) atoms. The van der Waals surface area contributed by atoms with Gasteiger partial charge in [-0.3, -0.25) is 9.69 Å². The lowest BCUT2D eigenvalue weighted by Crippen LogP contribution is -2.43. The SMILES string of the molecule is CC(C)(C)C(=O)C1CCCN1CCO. The largest absolute Gasteiger partial charge is 0.395 e. The highest BCUT2D eigenvalue weighted by Crippen LogP contribution is 2.26. The van der Waals surface area contributed by atoms with Crippen molar-refractivity contribution in [2.75, 3.05) is 19.7 Å². The molecule has 1 heterocycles. The second-order valence-electron chi connectivity index (χ2n) is 5.03. The minimum Gasteiger partial charge on any atom is -0.395 e. The molecule has 0 aromatic rings. The smallest absolute Gasteiger partial charge is 0.155 e. The van der Waals surface area contributed by atoms with Gasteiger partial charge in [0.05, 0.1) is 12.6 Å². The molecule has 1 atom stereocenters. The Balaban J connectivity index is 2.62. The van der Waals surface area contributed by atoms with Crippen LogP contribution in [-0.2, 0) is 4.79 Å². The third-order valence-corrected chi connectivity index (χ3v) is 2.79. The minimum atomic E-state index is -0.261. The van der Waals surface area contributed by atoms with E-state index in [4.69, 9.17) is 5.11 Å². The summed E-state index contributed by atoms with van der Waals surface area (Å²) in [5.74, 6) is 0.309. The Labute approximate surface area is 86.1 Å². The lowest BCUT2D eigenvalue weighted by Gasteiger charge is -2.28. The predicted octanol–water partition coefficient (Wildman–Crippen LogP) is 1.06. The van der Waals surface area contributed by atoms with Gasteiger partial charge in [0.15, 0.2) is 5.78 Å². The first-order chi connectivity index (χ1) is 6.46. The summed E-state index contributed by atoms with van der Waals surface area (Å²) >= 11 is 0. The molecule has 1 aliphatic heterocycles. The zero-order valence-corrected chi connectivity index (χ0v) is 9.42. The Morgan fingerprint density at radius 2 is 2.14 bits per heavy atom. The second kappa shape index (κ2) is 4.41. The molecule has 1 aliphatic rings. The van der Waals surface area contributed by atoms with Gasteiger partial charge in [0.1, 0.15) is 0 Å². The molecule has 3 nitrogen and oxygen atoms in total. The van der Waals surface area contributed by atoms with Crippen LogP contribution in [0.5, 0.6) is 0 Å². The monoisotopic (exact) mass is 199 g/mol. The molecular formula is C11H21NO2. The van der Waals surface area contributed by atoms with Crippen LogP contribution in [0.15, 0.2) is 0 Å². The molecule has 82 valence electrons. The average Bonchev–Trinajstić information content (AvgIpc) is 2.50. The lowest BCUT2D eigenvalue weighted by molar-refractivity contribution is -0.131. The standard InChI is InChI=1S/C11H21NO2/c1-11(2,3)10(14)9-5-4-6-12(9)7-8-13/h9,13H,4-8H2,1-3H3. The Hall–Kier alpha value is -0.410. The van der Waals surface area contributed by atoms with Crippen molar-refractivity contribution in [3.63, 3.8) is 0 Å². The molecule has 1 saturated heterocycles. The number of ketones is 1. The van der Waals surface area contributed by atoms with Gasteiger partial charge in [-0.2, -0.15) is 0 Å². The Kier molecular flexibility index (Phi) is 3.67. The van der Waals surface area contributed by atoms with Crippen molar-refractivity contribution in [2.45, 2.75) is 39.7 Å². The highest BCUT2D eigenvalue weighted by molar-refractivity contribution is 5.88. The number of hydrogen-bond acceptors (Lipinski definition) is 3. The summed E-state index contributed by atoms with van der Waals surface area (Å²) < 4.78 is 0. The number of likely N-dealkylation sites (tertiary alicyclic amines) is 1. The van der Waals surface area contributed by atoms with Crippen molar-refractivity contribution in [3.8, 4) is 0 Å². The van der Waals surface area contributed by atoms with Crippen LogP contribution in [0.25, 0.3) is 0 Å². The third kappa shape index (κ3) is 2.55. The molecule has 0 amide bonds. The quantitative estimate of drug-likeness (QED) is 0.739. The molecule has 0 aromatic heterocycles.